The Morgan fingerprint density at radius 1 is 1.56 bits per heavy atom. The first-order valence-corrected chi connectivity index (χ1v) is 5.52. The summed E-state index contributed by atoms with van der Waals surface area (Å²) in [5.74, 6) is 0.912. The average Bonchev–Trinajstić information content (AvgIpc) is 2.23. The molecule has 0 radical (unpaired) electrons. The van der Waals surface area contributed by atoms with Gasteiger partial charge in [-0.25, -0.2) is 4.98 Å². The topological polar surface area (TPSA) is 72.9 Å². The number of aromatic nitrogens is 2. The van der Waals surface area contributed by atoms with Crippen LogP contribution in [-0.4, -0.2) is 22.1 Å². The van der Waals surface area contributed by atoms with Gasteiger partial charge in [-0.2, -0.15) is 0 Å². The number of rotatable bonds is 5. The predicted octanol–water partition coefficient (Wildman–Crippen LogP) is 0.566. The Bertz CT molecular complexity index is 386. The lowest BCUT2D eigenvalue weighted by atomic mass is 10.0. The van der Waals surface area contributed by atoms with Gasteiger partial charge in [0.05, 0.1) is 0 Å². The number of nitrogens with one attached hydrogen (secondary N) is 1. The molecule has 0 bridgehead atoms. The molecule has 5 nitrogen and oxygen atoms in total. The van der Waals surface area contributed by atoms with E-state index in [2.05, 4.69) is 24.1 Å². The highest BCUT2D eigenvalue weighted by Gasteiger charge is 2.11. The normalized spacial score (nSPS) is 12.8. The number of aryl methyl sites for hydroxylation is 1. The fraction of sp³-hybridized carbons (Fsp3) is 0.636. The van der Waals surface area contributed by atoms with Crippen LogP contribution in [-0.2, 0) is 7.05 Å². The van der Waals surface area contributed by atoms with Crippen molar-refractivity contribution in [3.8, 4) is 0 Å². The third-order valence-corrected chi connectivity index (χ3v) is 2.40. The highest BCUT2D eigenvalue weighted by molar-refractivity contribution is 5.32. The number of nitrogens with zero attached hydrogens (tertiary/aromatic N) is 2. The third kappa shape index (κ3) is 3.34. The molecule has 1 unspecified atom stereocenters. The van der Waals surface area contributed by atoms with Gasteiger partial charge in [-0.15, -0.1) is 0 Å². The quantitative estimate of drug-likeness (QED) is 0.766. The lowest BCUT2D eigenvalue weighted by Crippen LogP contribution is -2.34. The summed E-state index contributed by atoms with van der Waals surface area (Å²) in [6, 6.07) is 0.0996. The summed E-state index contributed by atoms with van der Waals surface area (Å²) in [5, 5.41) is 3.10. The lowest BCUT2D eigenvalue weighted by molar-refractivity contribution is 0.520. The molecular weight excluding hydrogens is 204 g/mol. The minimum Gasteiger partial charge on any atom is -0.361 e. The molecule has 90 valence electrons. The summed E-state index contributed by atoms with van der Waals surface area (Å²) in [4.78, 5) is 15.7. The predicted molar refractivity (Wildman–Crippen MR) is 65.4 cm³/mol. The molecule has 0 aliphatic carbocycles. The van der Waals surface area contributed by atoms with E-state index in [9.17, 15) is 4.79 Å². The second-order valence-electron chi connectivity index (χ2n) is 4.40. The zero-order chi connectivity index (χ0) is 12.1. The lowest BCUT2D eigenvalue weighted by Gasteiger charge is -2.18. The molecule has 0 aliphatic rings. The van der Waals surface area contributed by atoms with Crippen LogP contribution in [0.2, 0.25) is 0 Å². The van der Waals surface area contributed by atoms with Gasteiger partial charge in [0.15, 0.2) is 5.82 Å². The van der Waals surface area contributed by atoms with Crippen LogP contribution in [0.5, 0.6) is 0 Å². The minimum absolute atomic E-state index is 0.0996. The van der Waals surface area contributed by atoms with Gasteiger partial charge in [0.2, 0.25) is 0 Å². The van der Waals surface area contributed by atoms with Crippen LogP contribution in [0.25, 0.3) is 0 Å². The standard InChI is InChI=1S/C11H20N4O/c1-8(2)6-9(7-12)14-10-11(16)15(3)5-4-13-10/h4-5,8-9H,6-7,12H2,1-3H3,(H,13,14). The van der Waals surface area contributed by atoms with E-state index in [-0.39, 0.29) is 11.6 Å². The van der Waals surface area contributed by atoms with Crippen molar-refractivity contribution in [3.63, 3.8) is 0 Å². The van der Waals surface area contributed by atoms with Crippen molar-refractivity contribution in [3.05, 3.63) is 22.7 Å². The van der Waals surface area contributed by atoms with Crippen molar-refractivity contribution in [2.45, 2.75) is 26.3 Å². The first-order valence-electron chi connectivity index (χ1n) is 5.52. The fourth-order valence-electron chi connectivity index (χ4n) is 1.57. The van der Waals surface area contributed by atoms with Crippen LogP contribution in [0.15, 0.2) is 17.2 Å². The third-order valence-electron chi connectivity index (χ3n) is 2.40. The van der Waals surface area contributed by atoms with Crippen LogP contribution in [0.1, 0.15) is 20.3 Å². The number of hydrogen-bond acceptors (Lipinski definition) is 4. The van der Waals surface area contributed by atoms with Crippen molar-refractivity contribution >= 4 is 5.82 Å². The molecule has 0 amide bonds. The summed E-state index contributed by atoms with van der Waals surface area (Å²) in [5.41, 5.74) is 5.54. The highest BCUT2D eigenvalue weighted by atomic mass is 16.1. The molecule has 0 aromatic carbocycles. The maximum Gasteiger partial charge on any atom is 0.293 e. The number of anilines is 1. The molecule has 1 heterocycles. The van der Waals surface area contributed by atoms with Crippen LogP contribution in [0.4, 0.5) is 5.82 Å². The van der Waals surface area contributed by atoms with E-state index >= 15 is 0 Å². The molecular formula is C11H20N4O. The largest absolute Gasteiger partial charge is 0.361 e. The second-order valence-corrected chi connectivity index (χ2v) is 4.40. The molecule has 5 heteroatoms. The van der Waals surface area contributed by atoms with Crippen molar-refractivity contribution < 1.29 is 0 Å². The maximum atomic E-state index is 11.7. The van der Waals surface area contributed by atoms with Gasteiger partial charge >= 0.3 is 0 Å². The molecule has 0 saturated carbocycles. The van der Waals surface area contributed by atoms with Crippen LogP contribution in [0, 0.1) is 5.92 Å². The Morgan fingerprint density at radius 3 is 2.81 bits per heavy atom. The molecule has 1 atom stereocenters. The second kappa shape index (κ2) is 5.65. The summed E-state index contributed by atoms with van der Waals surface area (Å²) >= 11 is 0. The first kappa shape index (κ1) is 12.7. The summed E-state index contributed by atoms with van der Waals surface area (Å²) in [7, 11) is 1.70. The van der Waals surface area contributed by atoms with E-state index in [4.69, 9.17) is 5.73 Å². The van der Waals surface area contributed by atoms with Gasteiger partial charge in [0.1, 0.15) is 0 Å². The van der Waals surface area contributed by atoms with Crippen molar-refractivity contribution in [2.75, 3.05) is 11.9 Å². The smallest absolute Gasteiger partial charge is 0.293 e. The van der Waals surface area contributed by atoms with Crippen molar-refractivity contribution in [2.24, 2.45) is 18.7 Å². The zero-order valence-electron chi connectivity index (χ0n) is 10.1. The Balaban J connectivity index is 2.78. The molecule has 0 spiro atoms. The number of hydrogen-bond donors (Lipinski definition) is 2. The maximum absolute atomic E-state index is 11.7. The first-order chi connectivity index (χ1) is 7.54. The molecule has 0 fully saturated rings. The van der Waals surface area contributed by atoms with E-state index in [0.29, 0.717) is 18.3 Å². The SMILES string of the molecule is CC(C)CC(CN)Nc1nccn(C)c1=O. The van der Waals surface area contributed by atoms with Crippen molar-refractivity contribution in [1.29, 1.82) is 0 Å². The zero-order valence-corrected chi connectivity index (χ0v) is 10.1. The van der Waals surface area contributed by atoms with Gasteiger partial charge in [-0.1, -0.05) is 13.8 Å². The van der Waals surface area contributed by atoms with Crippen LogP contribution >= 0.6 is 0 Å². The van der Waals surface area contributed by atoms with Gasteiger partial charge in [0.25, 0.3) is 5.56 Å². The Hall–Kier alpha value is -1.36. The van der Waals surface area contributed by atoms with Gasteiger partial charge < -0.3 is 15.6 Å². The van der Waals surface area contributed by atoms with E-state index in [1.54, 1.807) is 19.4 Å². The summed E-state index contributed by atoms with van der Waals surface area (Å²) < 4.78 is 1.50. The average molecular weight is 224 g/mol. The minimum atomic E-state index is -0.121. The summed E-state index contributed by atoms with van der Waals surface area (Å²) in [6.07, 6.45) is 4.16. The van der Waals surface area contributed by atoms with E-state index < -0.39 is 0 Å². The van der Waals surface area contributed by atoms with Crippen molar-refractivity contribution in [1.82, 2.24) is 9.55 Å². The molecule has 3 N–H and O–H groups in total. The van der Waals surface area contributed by atoms with Gasteiger partial charge in [-0.05, 0) is 12.3 Å². The Labute approximate surface area is 95.7 Å². The molecule has 1 aromatic rings. The monoisotopic (exact) mass is 224 g/mol. The Morgan fingerprint density at radius 2 is 2.25 bits per heavy atom. The number of nitrogens with two attached hydrogens (primary N) is 1. The molecule has 1 aromatic heterocycles. The van der Waals surface area contributed by atoms with E-state index in [1.807, 2.05) is 0 Å². The highest BCUT2D eigenvalue weighted by Crippen LogP contribution is 2.07. The molecule has 0 saturated heterocycles. The Kier molecular flexibility index (Phi) is 4.49. The van der Waals surface area contributed by atoms with Crippen LogP contribution in [0.3, 0.4) is 0 Å². The van der Waals surface area contributed by atoms with Gasteiger partial charge in [0, 0.05) is 32.0 Å². The van der Waals surface area contributed by atoms with E-state index in [0.717, 1.165) is 6.42 Å². The molecule has 16 heavy (non-hydrogen) atoms. The van der Waals surface area contributed by atoms with E-state index in [1.165, 1.54) is 4.57 Å². The molecule has 1 rings (SSSR count). The van der Waals surface area contributed by atoms with Crippen LogP contribution < -0.4 is 16.6 Å². The fourth-order valence-corrected chi connectivity index (χ4v) is 1.57. The summed E-state index contributed by atoms with van der Waals surface area (Å²) in [6.45, 7) is 4.75. The van der Waals surface area contributed by atoms with Gasteiger partial charge in [-0.3, -0.25) is 4.79 Å². The molecule has 0 aliphatic heterocycles.